The van der Waals surface area contributed by atoms with Gasteiger partial charge >= 0.3 is 5.97 Å². The monoisotopic (exact) mass is 474 g/mol. The molecule has 1 aromatic carbocycles. The van der Waals surface area contributed by atoms with E-state index in [1.54, 1.807) is 6.92 Å². The van der Waals surface area contributed by atoms with Gasteiger partial charge in [-0.1, -0.05) is 33.8 Å². The summed E-state index contributed by atoms with van der Waals surface area (Å²) in [4.78, 5) is 28.2. The third-order valence-electron chi connectivity index (χ3n) is 6.01. The maximum absolute atomic E-state index is 13.2. The van der Waals surface area contributed by atoms with Gasteiger partial charge in [0, 0.05) is 15.5 Å². The summed E-state index contributed by atoms with van der Waals surface area (Å²) in [7, 11) is 0. The van der Waals surface area contributed by atoms with Crippen LogP contribution >= 0.6 is 23.1 Å². The number of nitrogens with two attached hydrogens (primary N) is 1. The molecule has 0 fully saturated rings. The molecule has 174 valence electrons. The van der Waals surface area contributed by atoms with Crippen LogP contribution in [0.25, 0.3) is 0 Å². The summed E-state index contributed by atoms with van der Waals surface area (Å²) in [6, 6.07) is 7.55. The van der Waals surface area contributed by atoms with Crippen molar-refractivity contribution in [3.63, 3.8) is 0 Å². The second-order valence-electron chi connectivity index (χ2n) is 9.31. The molecule has 0 saturated heterocycles. The fourth-order valence-corrected chi connectivity index (χ4v) is 6.44. The molecule has 2 atom stereocenters. The van der Waals surface area contributed by atoms with E-state index in [0.29, 0.717) is 35.2 Å². The number of amides is 1. The number of esters is 1. The van der Waals surface area contributed by atoms with E-state index in [0.717, 1.165) is 29.7 Å². The van der Waals surface area contributed by atoms with Crippen LogP contribution < -0.4 is 11.1 Å². The number of fused-ring (bicyclic) bond motifs is 1. The van der Waals surface area contributed by atoms with Gasteiger partial charge in [-0.3, -0.25) is 4.79 Å². The number of hydrogen-bond acceptors (Lipinski definition) is 6. The Hall–Kier alpha value is -1.99. The molecule has 0 spiro atoms. The van der Waals surface area contributed by atoms with Gasteiger partial charge in [0.25, 0.3) is 0 Å². The molecular formula is C25H34N2O3S2. The predicted octanol–water partition coefficient (Wildman–Crippen LogP) is 6.17. The Morgan fingerprint density at radius 1 is 1.31 bits per heavy atom. The molecule has 0 radical (unpaired) electrons. The van der Waals surface area contributed by atoms with Gasteiger partial charge in [-0.15, -0.1) is 23.1 Å². The average Bonchev–Trinajstić information content (AvgIpc) is 3.08. The van der Waals surface area contributed by atoms with E-state index in [9.17, 15) is 9.59 Å². The number of thioether (sulfide) groups is 1. The molecule has 32 heavy (non-hydrogen) atoms. The highest BCUT2D eigenvalue weighted by molar-refractivity contribution is 8.00. The number of carbonyl (C=O) groups is 2. The SMILES string of the molecule is CCOC(=O)c1c(NC(=O)C(CC)Sc2cccc(N)c2)sc2c1CCC(C(C)(C)C)C2. The first kappa shape index (κ1) is 24.6. The van der Waals surface area contributed by atoms with Gasteiger partial charge in [-0.05, 0) is 67.7 Å². The lowest BCUT2D eigenvalue weighted by atomic mass is 9.72. The van der Waals surface area contributed by atoms with Gasteiger partial charge in [0.15, 0.2) is 0 Å². The molecule has 2 aromatic rings. The number of anilines is 2. The maximum atomic E-state index is 13.2. The Morgan fingerprint density at radius 2 is 2.06 bits per heavy atom. The van der Waals surface area contributed by atoms with Crippen molar-refractivity contribution in [2.45, 2.75) is 70.4 Å². The quantitative estimate of drug-likeness (QED) is 0.285. The standard InChI is InChI=1S/C25H34N2O3S2/c1-6-19(31-17-10-8-9-16(26)14-17)22(28)27-23-21(24(29)30-7-2)18-12-11-15(25(3,4)5)13-20(18)32-23/h8-10,14-15,19H,6-7,11-13,26H2,1-5H3,(H,27,28). The van der Waals surface area contributed by atoms with E-state index in [1.807, 2.05) is 31.2 Å². The molecule has 1 heterocycles. The Kier molecular flexibility index (Phi) is 7.93. The Balaban J connectivity index is 1.86. The second kappa shape index (κ2) is 10.3. The van der Waals surface area contributed by atoms with Gasteiger partial charge in [0.05, 0.1) is 17.4 Å². The molecule has 7 heteroatoms. The fraction of sp³-hybridized carbons (Fsp3) is 0.520. The number of nitrogen functional groups attached to an aromatic ring is 1. The summed E-state index contributed by atoms with van der Waals surface area (Å²) in [6.07, 6.45) is 3.47. The van der Waals surface area contributed by atoms with E-state index >= 15 is 0 Å². The first-order valence-corrected chi connectivity index (χ1v) is 13.0. The van der Waals surface area contributed by atoms with E-state index in [1.165, 1.54) is 28.0 Å². The first-order valence-electron chi connectivity index (χ1n) is 11.3. The molecule has 1 amide bonds. The van der Waals surface area contributed by atoms with Crippen LogP contribution in [0.1, 0.15) is 68.3 Å². The van der Waals surface area contributed by atoms with Crippen molar-refractivity contribution in [1.82, 2.24) is 0 Å². The van der Waals surface area contributed by atoms with Crippen molar-refractivity contribution >= 4 is 45.7 Å². The first-order chi connectivity index (χ1) is 15.1. The number of thiophene rings is 1. The lowest BCUT2D eigenvalue weighted by Gasteiger charge is -2.33. The molecule has 3 N–H and O–H groups in total. The zero-order valence-corrected chi connectivity index (χ0v) is 21.3. The van der Waals surface area contributed by atoms with Gasteiger partial charge in [-0.25, -0.2) is 4.79 Å². The second-order valence-corrected chi connectivity index (χ2v) is 11.7. The van der Waals surface area contributed by atoms with Crippen LogP contribution in [-0.2, 0) is 22.4 Å². The van der Waals surface area contributed by atoms with Gasteiger partial charge in [-0.2, -0.15) is 0 Å². The molecule has 1 aliphatic carbocycles. The smallest absolute Gasteiger partial charge is 0.341 e. The topological polar surface area (TPSA) is 81.4 Å². The van der Waals surface area contributed by atoms with Crippen LogP contribution in [0, 0.1) is 11.3 Å². The molecule has 1 aromatic heterocycles. The van der Waals surface area contributed by atoms with Crippen molar-refractivity contribution in [3.05, 3.63) is 40.3 Å². The van der Waals surface area contributed by atoms with Gasteiger partial charge < -0.3 is 15.8 Å². The maximum Gasteiger partial charge on any atom is 0.341 e. The summed E-state index contributed by atoms with van der Waals surface area (Å²) < 4.78 is 5.36. The van der Waals surface area contributed by atoms with Crippen LogP contribution in [0.2, 0.25) is 0 Å². The van der Waals surface area contributed by atoms with Crippen molar-refractivity contribution in [1.29, 1.82) is 0 Å². The number of nitrogens with one attached hydrogen (secondary N) is 1. The third-order valence-corrected chi connectivity index (χ3v) is 8.53. The number of rotatable bonds is 7. The van der Waals surface area contributed by atoms with Crippen molar-refractivity contribution in [3.8, 4) is 0 Å². The number of carbonyl (C=O) groups excluding carboxylic acids is 2. The number of ether oxygens (including phenoxy) is 1. The summed E-state index contributed by atoms with van der Waals surface area (Å²) >= 11 is 3.03. The Bertz CT molecular complexity index is 978. The Morgan fingerprint density at radius 3 is 2.69 bits per heavy atom. The summed E-state index contributed by atoms with van der Waals surface area (Å²) in [6.45, 7) is 10.9. The molecular weight excluding hydrogens is 440 g/mol. The average molecular weight is 475 g/mol. The zero-order valence-electron chi connectivity index (χ0n) is 19.6. The van der Waals surface area contributed by atoms with Gasteiger partial charge in [0.2, 0.25) is 5.91 Å². The highest BCUT2D eigenvalue weighted by Gasteiger charge is 2.35. The van der Waals surface area contributed by atoms with Crippen LogP contribution in [0.4, 0.5) is 10.7 Å². The van der Waals surface area contributed by atoms with E-state index in [2.05, 4.69) is 26.1 Å². The molecule has 2 unspecified atom stereocenters. The summed E-state index contributed by atoms with van der Waals surface area (Å²) in [5, 5.41) is 3.41. The van der Waals surface area contributed by atoms with Crippen LogP contribution in [0.15, 0.2) is 29.2 Å². The minimum absolute atomic E-state index is 0.101. The predicted molar refractivity (Wildman–Crippen MR) is 135 cm³/mol. The Labute approximate surface area is 199 Å². The molecule has 3 rings (SSSR count). The molecule has 1 aliphatic rings. The molecule has 0 saturated carbocycles. The van der Waals surface area contributed by atoms with Crippen molar-refractivity contribution < 1.29 is 14.3 Å². The highest BCUT2D eigenvalue weighted by atomic mass is 32.2. The zero-order chi connectivity index (χ0) is 23.5. The normalized spacial score (nSPS) is 16.8. The minimum atomic E-state index is -0.342. The number of benzene rings is 1. The highest BCUT2D eigenvalue weighted by Crippen LogP contribution is 2.44. The lowest BCUT2D eigenvalue weighted by molar-refractivity contribution is -0.115. The van der Waals surface area contributed by atoms with E-state index in [-0.39, 0.29) is 22.5 Å². The largest absolute Gasteiger partial charge is 0.462 e. The van der Waals surface area contributed by atoms with E-state index in [4.69, 9.17) is 10.5 Å². The van der Waals surface area contributed by atoms with Crippen LogP contribution in [0.3, 0.4) is 0 Å². The molecule has 0 aliphatic heterocycles. The van der Waals surface area contributed by atoms with Crippen LogP contribution in [-0.4, -0.2) is 23.7 Å². The third kappa shape index (κ3) is 5.67. The van der Waals surface area contributed by atoms with Crippen LogP contribution in [0.5, 0.6) is 0 Å². The van der Waals surface area contributed by atoms with Crippen molar-refractivity contribution in [2.75, 3.05) is 17.7 Å². The molecule has 0 bridgehead atoms. The fourth-order valence-electron chi connectivity index (χ4n) is 4.10. The minimum Gasteiger partial charge on any atom is -0.462 e. The molecule has 5 nitrogen and oxygen atoms in total. The van der Waals surface area contributed by atoms with E-state index < -0.39 is 0 Å². The summed E-state index contributed by atoms with van der Waals surface area (Å²) in [5.74, 6) is 0.109. The number of hydrogen-bond donors (Lipinski definition) is 2. The van der Waals surface area contributed by atoms with Gasteiger partial charge in [0.1, 0.15) is 5.00 Å². The lowest BCUT2D eigenvalue weighted by Crippen LogP contribution is -2.27. The van der Waals surface area contributed by atoms with Crippen molar-refractivity contribution in [2.24, 2.45) is 11.3 Å². The summed E-state index contributed by atoms with van der Waals surface area (Å²) in [5.41, 5.74) is 8.38.